The van der Waals surface area contributed by atoms with E-state index in [2.05, 4.69) is 33.5 Å². The van der Waals surface area contributed by atoms with Gasteiger partial charge in [-0.1, -0.05) is 25.5 Å². The first kappa shape index (κ1) is 16.7. The average Bonchev–Trinajstić information content (AvgIpc) is 2.41. The Balaban J connectivity index is 2.69. The van der Waals surface area contributed by atoms with Gasteiger partial charge in [-0.05, 0) is 48.3 Å². The number of rotatable bonds is 6. The molecule has 0 aromatic heterocycles. The molecule has 2 N–H and O–H groups in total. The molecule has 1 aromatic carbocycles. The third-order valence-corrected chi connectivity index (χ3v) is 3.76. The predicted octanol–water partition coefficient (Wildman–Crippen LogP) is 3.33. The standard InChI is InChI=1S/C15H21BrN2O2/c1-4-5-10-17-13(19)15(2,3)14(20)18-12-9-7-6-8-11(12)16/h6-9H,4-5,10H2,1-3H3,(H,17,19)(H,18,20). The molecule has 2 amide bonds. The highest BCUT2D eigenvalue weighted by Crippen LogP contribution is 2.24. The first-order valence-electron chi connectivity index (χ1n) is 6.74. The van der Waals surface area contributed by atoms with Crippen molar-refractivity contribution >= 4 is 33.4 Å². The number of carbonyl (C=O) groups excluding carboxylic acids is 2. The quantitative estimate of drug-likeness (QED) is 0.616. The molecule has 0 aliphatic carbocycles. The molecule has 0 heterocycles. The zero-order valence-electron chi connectivity index (χ0n) is 12.1. The van der Waals surface area contributed by atoms with Crippen molar-refractivity contribution < 1.29 is 9.59 Å². The molecule has 0 spiro atoms. The Morgan fingerprint density at radius 2 is 1.85 bits per heavy atom. The van der Waals surface area contributed by atoms with Crippen LogP contribution in [0.3, 0.4) is 0 Å². The van der Waals surface area contributed by atoms with Gasteiger partial charge >= 0.3 is 0 Å². The molecule has 0 radical (unpaired) electrons. The van der Waals surface area contributed by atoms with Gasteiger partial charge in [-0.2, -0.15) is 0 Å². The van der Waals surface area contributed by atoms with Crippen molar-refractivity contribution in [2.75, 3.05) is 11.9 Å². The third-order valence-electron chi connectivity index (χ3n) is 3.07. The summed E-state index contributed by atoms with van der Waals surface area (Å²) in [6, 6.07) is 7.31. The Morgan fingerprint density at radius 3 is 2.45 bits per heavy atom. The van der Waals surface area contributed by atoms with Gasteiger partial charge in [-0.25, -0.2) is 0 Å². The second-order valence-corrected chi connectivity index (χ2v) is 6.02. The van der Waals surface area contributed by atoms with Crippen LogP contribution in [-0.4, -0.2) is 18.4 Å². The van der Waals surface area contributed by atoms with E-state index in [0.29, 0.717) is 12.2 Å². The van der Waals surface area contributed by atoms with Gasteiger partial charge in [0.25, 0.3) is 0 Å². The smallest absolute Gasteiger partial charge is 0.239 e. The van der Waals surface area contributed by atoms with Crippen LogP contribution in [0.4, 0.5) is 5.69 Å². The second kappa shape index (κ2) is 7.43. The van der Waals surface area contributed by atoms with E-state index in [0.717, 1.165) is 17.3 Å². The number of para-hydroxylation sites is 1. The SMILES string of the molecule is CCCCNC(=O)C(C)(C)C(=O)Nc1ccccc1Br. The van der Waals surface area contributed by atoms with Gasteiger partial charge in [-0.3, -0.25) is 9.59 Å². The van der Waals surface area contributed by atoms with Crippen molar-refractivity contribution in [2.45, 2.75) is 33.6 Å². The Bertz CT molecular complexity index is 487. The molecular formula is C15H21BrN2O2. The summed E-state index contributed by atoms with van der Waals surface area (Å²) in [7, 11) is 0. The maximum absolute atomic E-state index is 12.3. The number of carbonyl (C=O) groups is 2. The largest absolute Gasteiger partial charge is 0.355 e. The summed E-state index contributed by atoms with van der Waals surface area (Å²) in [5.74, 6) is -0.575. The number of amides is 2. The monoisotopic (exact) mass is 340 g/mol. The summed E-state index contributed by atoms with van der Waals surface area (Å²) in [4.78, 5) is 24.3. The fourth-order valence-corrected chi connectivity index (χ4v) is 1.93. The highest BCUT2D eigenvalue weighted by atomic mass is 79.9. The highest BCUT2D eigenvalue weighted by Gasteiger charge is 2.35. The Kier molecular flexibility index (Phi) is 6.20. The van der Waals surface area contributed by atoms with Crippen molar-refractivity contribution in [1.82, 2.24) is 5.32 Å². The van der Waals surface area contributed by atoms with E-state index in [1.165, 1.54) is 0 Å². The van der Waals surface area contributed by atoms with Gasteiger partial charge in [0.05, 0.1) is 5.69 Å². The van der Waals surface area contributed by atoms with Gasteiger partial charge in [0.15, 0.2) is 0 Å². The summed E-state index contributed by atoms with van der Waals surface area (Å²) in [6.07, 6.45) is 1.91. The van der Waals surface area contributed by atoms with Crippen LogP contribution >= 0.6 is 15.9 Å². The number of anilines is 1. The van der Waals surface area contributed by atoms with E-state index in [1.807, 2.05) is 18.2 Å². The summed E-state index contributed by atoms with van der Waals surface area (Å²) in [5, 5.41) is 5.57. The number of hydrogen-bond donors (Lipinski definition) is 2. The summed E-state index contributed by atoms with van der Waals surface area (Å²) >= 11 is 3.36. The second-order valence-electron chi connectivity index (χ2n) is 5.17. The van der Waals surface area contributed by atoms with Gasteiger partial charge in [0, 0.05) is 11.0 Å². The maximum atomic E-state index is 12.3. The van der Waals surface area contributed by atoms with Crippen LogP contribution in [-0.2, 0) is 9.59 Å². The van der Waals surface area contributed by atoms with E-state index in [-0.39, 0.29) is 11.8 Å². The average molecular weight is 341 g/mol. The molecule has 0 aliphatic heterocycles. The Hall–Kier alpha value is -1.36. The van der Waals surface area contributed by atoms with E-state index in [4.69, 9.17) is 0 Å². The van der Waals surface area contributed by atoms with Crippen molar-refractivity contribution in [3.05, 3.63) is 28.7 Å². The zero-order chi connectivity index (χ0) is 15.2. The molecule has 0 saturated carbocycles. The van der Waals surface area contributed by atoms with Crippen LogP contribution < -0.4 is 10.6 Å². The normalized spacial score (nSPS) is 11.0. The lowest BCUT2D eigenvalue weighted by Gasteiger charge is -2.23. The molecule has 0 bridgehead atoms. The number of unbranched alkanes of at least 4 members (excludes halogenated alkanes) is 1. The minimum Gasteiger partial charge on any atom is -0.355 e. The first-order valence-corrected chi connectivity index (χ1v) is 7.53. The summed E-state index contributed by atoms with van der Waals surface area (Å²) in [6.45, 7) is 5.90. The molecule has 1 aromatic rings. The number of halogens is 1. The number of benzene rings is 1. The molecular weight excluding hydrogens is 320 g/mol. The first-order chi connectivity index (χ1) is 9.39. The molecule has 5 heteroatoms. The van der Waals surface area contributed by atoms with Gasteiger partial charge in [0.2, 0.25) is 11.8 Å². The number of hydrogen-bond acceptors (Lipinski definition) is 2. The van der Waals surface area contributed by atoms with Gasteiger partial charge < -0.3 is 10.6 Å². The molecule has 20 heavy (non-hydrogen) atoms. The van der Waals surface area contributed by atoms with E-state index in [9.17, 15) is 9.59 Å². The minimum atomic E-state index is -1.11. The van der Waals surface area contributed by atoms with E-state index >= 15 is 0 Å². The molecule has 0 aliphatic rings. The minimum absolute atomic E-state index is 0.254. The third kappa shape index (κ3) is 4.34. The van der Waals surface area contributed by atoms with Crippen LogP contribution in [0.2, 0.25) is 0 Å². The lowest BCUT2D eigenvalue weighted by Crippen LogP contribution is -2.45. The van der Waals surface area contributed by atoms with Crippen LogP contribution in [0.25, 0.3) is 0 Å². The van der Waals surface area contributed by atoms with Gasteiger partial charge in [0.1, 0.15) is 5.41 Å². The fraction of sp³-hybridized carbons (Fsp3) is 0.467. The van der Waals surface area contributed by atoms with Crippen molar-refractivity contribution in [3.8, 4) is 0 Å². The maximum Gasteiger partial charge on any atom is 0.239 e. The Morgan fingerprint density at radius 1 is 1.20 bits per heavy atom. The molecule has 0 atom stereocenters. The van der Waals surface area contributed by atoms with Crippen LogP contribution in [0.1, 0.15) is 33.6 Å². The van der Waals surface area contributed by atoms with E-state index in [1.54, 1.807) is 19.9 Å². The predicted molar refractivity (Wildman–Crippen MR) is 84.5 cm³/mol. The van der Waals surface area contributed by atoms with Crippen molar-refractivity contribution in [1.29, 1.82) is 0 Å². The van der Waals surface area contributed by atoms with Crippen LogP contribution in [0.15, 0.2) is 28.7 Å². The summed E-state index contributed by atoms with van der Waals surface area (Å²) in [5.41, 5.74) is -0.449. The van der Waals surface area contributed by atoms with Crippen molar-refractivity contribution in [3.63, 3.8) is 0 Å². The van der Waals surface area contributed by atoms with Crippen LogP contribution in [0.5, 0.6) is 0 Å². The van der Waals surface area contributed by atoms with Crippen LogP contribution in [0, 0.1) is 5.41 Å². The van der Waals surface area contributed by atoms with Crippen molar-refractivity contribution in [2.24, 2.45) is 5.41 Å². The number of nitrogens with one attached hydrogen (secondary N) is 2. The lowest BCUT2D eigenvalue weighted by molar-refractivity contribution is -0.138. The topological polar surface area (TPSA) is 58.2 Å². The zero-order valence-corrected chi connectivity index (χ0v) is 13.7. The fourth-order valence-electron chi connectivity index (χ4n) is 1.54. The van der Waals surface area contributed by atoms with E-state index < -0.39 is 5.41 Å². The Labute approximate surface area is 128 Å². The molecule has 1 rings (SSSR count). The van der Waals surface area contributed by atoms with Gasteiger partial charge in [-0.15, -0.1) is 0 Å². The lowest BCUT2D eigenvalue weighted by atomic mass is 9.91. The molecule has 0 saturated heterocycles. The molecule has 4 nitrogen and oxygen atoms in total. The summed E-state index contributed by atoms with van der Waals surface area (Å²) < 4.78 is 0.788. The highest BCUT2D eigenvalue weighted by molar-refractivity contribution is 9.10. The molecule has 0 unspecified atom stereocenters. The molecule has 110 valence electrons. The molecule has 0 fully saturated rings.